The summed E-state index contributed by atoms with van der Waals surface area (Å²) in [5.41, 5.74) is 1.58. The van der Waals surface area contributed by atoms with Gasteiger partial charge in [0.15, 0.2) is 17.5 Å². The number of quaternary nitrogens is 1. The Morgan fingerprint density at radius 3 is 2.65 bits per heavy atom. The van der Waals surface area contributed by atoms with Crippen LogP contribution < -0.4 is 24.4 Å². The molecule has 1 fully saturated rings. The van der Waals surface area contributed by atoms with E-state index in [1.54, 1.807) is 31.4 Å². The summed E-state index contributed by atoms with van der Waals surface area (Å²) < 4.78 is 15.8. The second kappa shape index (κ2) is 6.68. The van der Waals surface area contributed by atoms with Crippen molar-refractivity contribution in [3.63, 3.8) is 0 Å². The zero-order valence-corrected chi connectivity index (χ0v) is 14.3. The van der Waals surface area contributed by atoms with Crippen molar-refractivity contribution in [3.05, 3.63) is 48.0 Å². The van der Waals surface area contributed by atoms with Crippen molar-refractivity contribution in [1.29, 1.82) is 0 Å². The van der Waals surface area contributed by atoms with Gasteiger partial charge in [-0.3, -0.25) is 9.59 Å². The zero-order valence-electron chi connectivity index (χ0n) is 14.3. The van der Waals surface area contributed by atoms with E-state index >= 15 is 0 Å². The number of carbonyl (C=O) groups excluding carboxylic acids is 2. The fourth-order valence-corrected chi connectivity index (χ4v) is 3.19. The van der Waals surface area contributed by atoms with Gasteiger partial charge in [-0.05, 0) is 42.5 Å². The van der Waals surface area contributed by atoms with Crippen LogP contribution in [-0.4, -0.2) is 31.8 Å². The van der Waals surface area contributed by atoms with Crippen molar-refractivity contribution in [3.8, 4) is 17.2 Å². The monoisotopic (exact) mass is 355 g/mol. The zero-order chi connectivity index (χ0) is 18.1. The first kappa shape index (κ1) is 16.4. The molecule has 0 aliphatic carbocycles. The molecule has 2 aliphatic heterocycles. The second-order valence-electron chi connectivity index (χ2n) is 6.20. The highest BCUT2D eigenvalue weighted by molar-refractivity contribution is 6.21. The van der Waals surface area contributed by atoms with E-state index in [1.165, 1.54) is 4.90 Å². The molecule has 0 unspecified atom stereocenters. The molecule has 2 aromatic carbocycles. The first-order valence-corrected chi connectivity index (χ1v) is 8.38. The third-order valence-electron chi connectivity index (χ3n) is 4.59. The van der Waals surface area contributed by atoms with Crippen LogP contribution in [0.1, 0.15) is 12.0 Å². The minimum atomic E-state index is -0.421. The van der Waals surface area contributed by atoms with E-state index in [-0.39, 0.29) is 25.0 Å². The Kier molecular flexibility index (Phi) is 4.22. The summed E-state index contributed by atoms with van der Waals surface area (Å²) in [4.78, 5) is 26.3. The lowest BCUT2D eigenvalue weighted by molar-refractivity contribution is -0.690. The molecule has 7 nitrogen and oxygen atoms in total. The molecule has 134 valence electrons. The molecule has 7 heteroatoms. The number of anilines is 1. The highest BCUT2D eigenvalue weighted by atomic mass is 16.7. The van der Waals surface area contributed by atoms with Gasteiger partial charge in [0.2, 0.25) is 12.7 Å². The number of nitrogens with zero attached hydrogens (tertiary/aromatic N) is 1. The van der Waals surface area contributed by atoms with Crippen molar-refractivity contribution in [2.45, 2.75) is 19.0 Å². The first-order valence-electron chi connectivity index (χ1n) is 8.38. The van der Waals surface area contributed by atoms with Gasteiger partial charge in [-0.1, -0.05) is 0 Å². The van der Waals surface area contributed by atoms with Gasteiger partial charge in [-0.25, -0.2) is 4.90 Å². The van der Waals surface area contributed by atoms with Crippen LogP contribution in [0.4, 0.5) is 5.69 Å². The molecule has 0 saturated carbocycles. The van der Waals surface area contributed by atoms with E-state index in [1.807, 2.05) is 23.5 Å². The molecular weight excluding hydrogens is 336 g/mol. The Bertz CT molecular complexity index is 850. The Morgan fingerprint density at radius 2 is 1.88 bits per heavy atom. The molecule has 1 atom stereocenters. The van der Waals surface area contributed by atoms with Crippen LogP contribution in [0.5, 0.6) is 17.2 Å². The molecular formula is C19H19N2O5+. The average Bonchev–Trinajstić information content (AvgIpc) is 3.23. The fraction of sp³-hybridized carbons (Fsp3) is 0.263. The Morgan fingerprint density at radius 1 is 1.12 bits per heavy atom. The number of fused-ring (bicyclic) bond motifs is 1. The van der Waals surface area contributed by atoms with Crippen LogP contribution in [0.25, 0.3) is 0 Å². The molecule has 0 spiro atoms. The van der Waals surface area contributed by atoms with Crippen molar-refractivity contribution in [2.24, 2.45) is 0 Å². The van der Waals surface area contributed by atoms with Crippen LogP contribution in [0, 0.1) is 0 Å². The summed E-state index contributed by atoms with van der Waals surface area (Å²) in [7, 11) is 1.57. The number of nitrogens with two attached hydrogens (primary N) is 1. The van der Waals surface area contributed by atoms with Gasteiger partial charge in [-0.2, -0.15) is 0 Å². The van der Waals surface area contributed by atoms with Crippen molar-refractivity contribution < 1.29 is 29.1 Å². The van der Waals surface area contributed by atoms with E-state index in [0.29, 0.717) is 23.7 Å². The molecule has 2 aromatic rings. The van der Waals surface area contributed by atoms with Crippen LogP contribution in [-0.2, 0) is 16.1 Å². The molecule has 26 heavy (non-hydrogen) atoms. The molecule has 0 radical (unpaired) electrons. The van der Waals surface area contributed by atoms with Crippen molar-refractivity contribution in [1.82, 2.24) is 0 Å². The van der Waals surface area contributed by atoms with Gasteiger partial charge in [0, 0.05) is 5.56 Å². The van der Waals surface area contributed by atoms with E-state index in [0.717, 1.165) is 11.3 Å². The minimum Gasteiger partial charge on any atom is -0.497 e. The lowest BCUT2D eigenvalue weighted by atomic mass is 10.1. The van der Waals surface area contributed by atoms with Gasteiger partial charge in [-0.15, -0.1) is 0 Å². The third-order valence-corrected chi connectivity index (χ3v) is 4.59. The lowest BCUT2D eigenvalue weighted by Gasteiger charge is -2.14. The SMILES string of the molecule is COc1ccc(N2C(=O)C[C@@H]([NH2+]Cc3ccc4c(c3)OCO4)C2=O)cc1. The van der Waals surface area contributed by atoms with Gasteiger partial charge < -0.3 is 19.5 Å². The van der Waals surface area contributed by atoms with Crippen molar-refractivity contribution >= 4 is 17.5 Å². The van der Waals surface area contributed by atoms with E-state index in [2.05, 4.69) is 0 Å². The van der Waals surface area contributed by atoms with E-state index < -0.39 is 6.04 Å². The molecule has 2 N–H and O–H groups in total. The maximum Gasteiger partial charge on any atom is 0.292 e. The minimum absolute atomic E-state index is 0.188. The smallest absolute Gasteiger partial charge is 0.292 e. The van der Waals surface area contributed by atoms with Crippen LogP contribution in [0.2, 0.25) is 0 Å². The number of hydrogen-bond acceptors (Lipinski definition) is 5. The van der Waals surface area contributed by atoms with Crippen molar-refractivity contribution in [2.75, 3.05) is 18.8 Å². The molecule has 1 saturated heterocycles. The third kappa shape index (κ3) is 2.97. The van der Waals surface area contributed by atoms with E-state index in [4.69, 9.17) is 14.2 Å². The van der Waals surface area contributed by atoms with Gasteiger partial charge in [0.1, 0.15) is 12.3 Å². The van der Waals surface area contributed by atoms with E-state index in [9.17, 15) is 9.59 Å². The number of amides is 2. The molecule has 2 amide bonds. The first-order chi connectivity index (χ1) is 12.7. The number of imide groups is 1. The van der Waals surface area contributed by atoms with Gasteiger partial charge >= 0.3 is 0 Å². The maximum atomic E-state index is 12.7. The Balaban J connectivity index is 1.43. The number of hydrogen-bond donors (Lipinski definition) is 1. The molecule has 2 heterocycles. The normalized spacial score (nSPS) is 18.5. The quantitative estimate of drug-likeness (QED) is 0.803. The number of methoxy groups -OCH3 is 1. The largest absolute Gasteiger partial charge is 0.497 e. The highest BCUT2D eigenvalue weighted by Crippen LogP contribution is 2.32. The summed E-state index contributed by atoms with van der Waals surface area (Å²) in [6.45, 7) is 0.811. The maximum absolute atomic E-state index is 12.7. The second-order valence-corrected chi connectivity index (χ2v) is 6.20. The summed E-state index contributed by atoms with van der Waals surface area (Å²) in [5.74, 6) is 1.74. The number of ether oxygens (including phenoxy) is 3. The van der Waals surface area contributed by atoms with Crippen LogP contribution in [0.15, 0.2) is 42.5 Å². The predicted octanol–water partition coefficient (Wildman–Crippen LogP) is 0.819. The molecule has 4 rings (SSSR count). The molecule has 0 aromatic heterocycles. The number of rotatable bonds is 5. The fourth-order valence-electron chi connectivity index (χ4n) is 3.19. The summed E-state index contributed by atoms with van der Waals surface area (Å²) in [6, 6.07) is 12.2. The molecule has 0 bridgehead atoms. The summed E-state index contributed by atoms with van der Waals surface area (Å²) in [6.07, 6.45) is 0.190. The Hall–Kier alpha value is -3.06. The van der Waals surface area contributed by atoms with Gasteiger partial charge in [0.05, 0.1) is 19.2 Å². The predicted molar refractivity (Wildman–Crippen MR) is 92.1 cm³/mol. The number of carbonyl (C=O) groups is 2. The number of benzene rings is 2. The molecule has 2 aliphatic rings. The summed E-state index contributed by atoms with van der Waals surface area (Å²) >= 11 is 0. The topological polar surface area (TPSA) is 81.7 Å². The van der Waals surface area contributed by atoms with Crippen LogP contribution >= 0.6 is 0 Å². The summed E-state index contributed by atoms with van der Waals surface area (Å²) in [5, 5.41) is 1.89. The lowest BCUT2D eigenvalue weighted by Crippen LogP contribution is -2.90. The highest BCUT2D eigenvalue weighted by Gasteiger charge is 2.42. The average molecular weight is 355 g/mol. The van der Waals surface area contributed by atoms with Gasteiger partial charge in [0.25, 0.3) is 5.91 Å². The Labute approximate surface area is 150 Å². The standard InChI is InChI=1S/C19H18N2O5/c1-24-14-5-3-13(4-6-14)21-18(22)9-15(19(21)23)20-10-12-2-7-16-17(8-12)26-11-25-16/h2-8,15,20H,9-11H2,1H3/p+1/t15-/m1/s1. The van der Waals surface area contributed by atoms with Crippen LogP contribution in [0.3, 0.4) is 0 Å².